The Morgan fingerprint density at radius 2 is 2.17 bits per heavy atom. The van der Waals surface area contributed by atoms with Crippen LogP contribution in [0.4, 0.5) is 0 Å². The fourth-order valence-corrected chi connectivity index (χ4v) is 2.48. The maximum atomic E-state index is 12.4. The van der Waals surface area contributed by atoms with Gasteiger partial charge in [0.05, 0.1) is 12.8 Å². The third-order valence-corrected chi connectivity index (χ3v) is 3.78. The molecular formula is C17H20N4O3. The molecule has 7 heteroatoms. The molecule has 0 bridgehead atoms. The van der Waals surface area contributed by atoms with Crippen LogP contribution in [0.1, 0.15) is 44.2 Å². The van der Waals surface area contributed by atoms with Crippen molar-refractivity contribution in [2.24, 2.45) is 0 Å². The van der Waals surface area contributed by atoms with Gasteiger partial charge in [0.15, 0.2) is 5.76 Å². The first-order valence-corrected chi connectivity index (χ1v) is 7.86. The number of imidazole rings is 1. The van der Waals surface area contributed by atoms with Gasteiger partial charge in [0.1, 0.15) is 17.6 Å². The number of amides is 1. The Morgan fingerprint density at radius 1 is 1.33 bits per heavy atom. The highest BCUT2D eigenvalue weighted by atomic mass is 16.5. The lowest BCUT2D eigenvalue weighted by atomic mass is 10.2. The molecule has 0 radical (unpaired) electrons. The standard InChI is InChI=1S/C17H20N4O3/c1-11(2)16-18-6-7-21(16)12(3)17(22)19-10-13-9-15(24-20-13)14-5-4-8-23-14/h4-9,11-12H,10H2,1-3H3,(H,19,22). The van der Waals surface area contributed by atoms with Gasteiger partial charge < -0.3 is 18.8 Å². The number of nitrogens with zero attached hydrogens (tertiary/aromatic N) is 3. The van der Waals surface area contributed by atoms with Crippen molar-refractivity contribution in [2.45, 2.75) is 39.3 Å². The smallest absolute Gasteiger partial charge is 0.243 e. The minimum atomic E-state index is -0.346. The molecule has 3 aromatic rings. The van der Waals surface area contributed by atoms with E-state index >= 15 is 0 Å². The van der Waals surface area contributed by atoms with Gasteiger partial charge in [0.2, 0.25) is 11.7 Å². The van der Waals surface area contributed by atoms with Gasteiger partial charge in [-0.05, 0) is 19.1 Å². The molecule has 0 saturated heterocycles. The maximum absolute atomic E-state index is 12.4. The van der Waals surface area contributed by atoms with E-state index in [4.69, 9.17) is 8.94 Å². The van der Waals surface area contributed by atoms with Gasteiger partial charge in [0, 0.05) is 24.4 Å². The lowest BCUT2D eigenvalue weighted by Gasteiger charge is -2.17. The number of hydrogen-bond donors (Lipinski definition) is 1. The largest absolute Gasteiger partial charge is 0.461 e. The normalized spacial score (nSPS) is 12.5. The van der Waals surface area contributed by atoms with Gasteiger partial charge in [-0.2, -0.15) is 0 Å². The summed E-state index contributed by atoms with van der Waals surface area (Å²) in [5, 5.41) is 6.81. The summed E-state index contributed by atoms with van der Waals surface area (Å²) in [6.07, 6.45) is 5.11. The van der Waals surface area contributed by atoms with Gasteiger partial charge in [0.25, 0.3) is 0 Å². The van der Waals surface area contributed by atoms with E-state index in [0.717, 1.165) is 5.82 Å². The lowest BCUT2D eigenvalue weighted by molar-refractivity contribution is -0.124. The Hall–Kier alpha value is -2.83. The second kappa shape index (κ2) is 6.74. The van der Waals surface area contributed by atoms with Gasteiger partial charge in [-0.25, -0.2) is 4.98 Å². The first-order valence-electron chi connectivity index (χ1n) is 7.86. The zero-order valence-electron chi connectivity index (χ0n) is 13.9. The summed E-state index contributed by atoms with van der Waals surface area (Å²) < 4.78 is 12.4. The number of carbonyl (C=O) groups excluding carboxylic acids is 1. The first-order chi connectivity index (χ1) is 11.6. The van der Waals surface area contributed by atoms with Crippen LogP contribution >= 0.6 is 0 Å². The molecule has 0 spiro atoms. The number of rotatable bonds is 6. The zero-order valence-corrected chi connectivity index (χ0v) is 13.9. The van der Waals surface area contributed by atoms with Crippen molar-refractivity contribution in [1.29, 1.82) is 0 Å². The summed E-state index contributed by atoms with van der Waals surface area (Å²) >= 11 is 0. The predicted octanol–water partition coefficient (Wildman–Crippen LogP) is 3.13. The molecule has 1 unspecified atom stereocenters. The summed E-state index contributed by atoms with van der Waals surface area (Å²) in [5.74, 6) is 2.18. The summed E-state index contributed by atoms with van der Waals surface area (Å²) in [6.45, 7) is 6.24. The summed E-state index contributed by atoms with van der Waals surface area (Å²) in [5.41, 5.74) is 0.636. The summed E-state index contributed by atoms with van der Waals surface area (Å²) in [4.78, 5) is 16.7. The van der Waals surface area contributed by atoms with Gasteiger partial charge in [-0.1, -0.05) is 19.0 Å². The van der Waals surface area contributed by atoms with Crippen LogP contribution in [0, 0.1) is 0 Å². The third-order valence-electron chi connectivity index (χ3n) is 3.78. The van der Waals surface area contributed by atoms with E-state index in [9.17, 15) is 4.79 Å². The number of aromatic nitrogens is 3. The Balaban J connectivity index is 1.62. The van der Waals surface area contributed by atoms with Crippen molar-refractivity contribution < 1.29 is 13.7 Å². The molecule has 0 aliphatic rings. The third kappa shape index (κ3) is 3.24. The van der Waals surface area contributed by atoms with Crippen LogP contribution in [0.3, 0.4) is 0 Å². The molecule has 0 saturated carbocycles. The number of hydrogen-bond acceptors (Lipinski definition) is 5. The summed E-state index contributed by atoms with van der Waals surface area (Å²) in [7, 11) is 0. The zero-order chi connectivity index (χ0) is 17.1. The lowest BCUT2D eigenvalue weighted by Crippen LogP contribution is -2.31. The highest BCUT2D eigenvalue weighted by Gasteiger charge is 2.19. The molecule has 3 rings (SSSR count). The second-order valence-corrected chi connectivity index (χ2v) is 5.90. The van der Waals surface area contributed by atoms with E-state index in [1.54, 1.807) is 30.7 Å². The quantitative estimate of drug-likeness (QED) is 0.751. The molecule has 126 valence electrons. The molecule has 3 heterocycles. The molecule has 1 N–H and O–H groups in total. The van der Waals surface area contributed by atoms with Crippen molar-refractivity contribution in [1.82, 2.24) is 20.0 Å². The minimum Gasteiger partial charge on any atom is -0.461 e. The molecule has 7 nitrogen and oxygen atoms in total. The molecule has 1 atom stereocenters. The molecule has 3 aromatic heterocycles. The van der Waals surface area contributed by atoms with Gasteiger partial charge in [-0.3, -0.25) is 4.79 Å². The number of carbonyl (C=O) groups is 1. The van der Waals surface area contributed by atoms with Crippen LogP contribution in [-0.2, 0) is 11.3 Å². The fraction of sp³-hybridized carbons (Fsp3) is 0.353. The van der Waals surface area contributed by atoms with Crippen LogP contribution in [0.2, 0.25) is 0 Å². The minimum absolute atomic E-state index is 0.0996. The van der Waals surface area contributed by atoms with Crippen LogP contribution < -0.4 is 5.32 Å². The topological polar surface area (TPSA) is 86.1 Å². The van der Waals surface area contributed by atoms with Crippen molar-refractivity contribution in [2.75, 3.05) is 0 Å². The van der Waals surface area contributed by atoms with Crippen LogP contribution in [0.5, 0.6) is 0 Å². The SMILES string of the molecule is CC(C)c1nccn1C(C)C(=O)NCc1cc(-c2ccco2)on1. The molecule has 0 aliphatic heterocycles. The average molecular weight is 328 g/mol. The highest BCUT2D eigenvalue weighted by molar-refractivity contribution is 5.79. The predicted molar refractivity (Wildman–Crippen MR) is 87.1 cm³/mol. The fourth-order valence-electron chi connectivity index (χ4n) is 2.48. The van der Waals surface area contributed by atoms with E-state index in [1.807, 2.05) is 17.7 Å². The van der Waals surface area contributed by atoms with Crippen LogP contribution in [-0.4, -0.2) is 20.6 Å². The monoisotopic (exact) mass is 328 g/mol. The second-order valence-electron chi connectivity index (χ2n) is 5.90. The molecule has 24 heavy (non-hydrogen) atoms. The van der Waals surface area contributed by atoms with Crippen molar-refractivity contribution in [3.05, 3.63) is 48.4 Å². The van der Waals surface area contributed by atoms with Crippen molar-refractivity contribution in [3.63, 3.8) is 0 Å². The maximum Gasteiger partial charge on any atom is 0.243 e. The Bertz CT molecular complexity index is 802. The van der Waals surface area contributed by atoms with Crippen LogP contribution in [0.15, 0.2) is 45.8 Å². The van der Waals surface area contributed by atoms with Gasteiger partial charge in [-0.15, -0.1) is 0 Å². The van der Waals surface area contributed by atoms with E-state index in [2.05, 4.69) is 29.3 Å². The Labute approximate surface area is 139 Å². The van der Waals surface area contributed by atoms with E-state index < -0.39 is 0 Å². The van der Waals surface area contributed by atoms with Crippen molar-refractivity contribution in [3.8, 4) is 11.5 Å². The first kappa shape index (κ1) is 16.0. The van der Waals surface area contributed by atoms with E-state index in [0.29, 0.717) is 23.8 Å². The molecule has 0 aromatic carbocycles. The Kier molecular flexibility index (Phi) is 4.50. The molecular weight excluding hydrogens is 308 g/mol. The Morgan fingerprint density at radius 3 is 2.88 bits per heavy atom. The van der Waals surface area contributed by atoms with E-state index in [-0.39, 0.29) is 17.9 Å². The number of nitrogens with one attached hydrogen (secondary N) is 1. The molecule has 0 aliphatic carbocycles. The van der Waals surface area contributed by atoms with E-state index in [1.165, 1.54) is 0 Å². The molecule has 1 amide bonds. The highest BCUT2D eigenvalue weighted by Crippen LogP contribution is 2.21. The van der Waals surface area contributed by atoms with Gasteiger partial charge >= 0.3 is 0 Å². The number of furan rings is 1. The molecule has 0 fully saturated rings. The van der Waals surface area contributed by atoms with Crippen LogP contribution in [0.25, 0.3) is 11.5 Å². The van der Waals surface area contributed by atoms with Crippen molar-refractivity contribution >= 4 is 5.91 Å². The summed E-state index contributed by atoms with van der Waals surface area (Å²) in [6, 6.07) is 4.97. The average Bonchev–Trinajstić information content (AvgIpc) is 3.32.